The number of amidine groups is 1. The summed E-state index contributed by atoms with van der Waals surface area (Å²) in [5.41, 5.74) is 2.51. The molecule has 0 unspecified atom stereocenters. The molecule has 3 rings (SSSR count). The number of unbranched alkanes of at least 4 members (excludes halogenated alkanes) is 1. The minimum atomic E-state index is -0.168. The first-order valence-electron chi connectivity index (χ1n) is 8.44. The molecule has 2 aromatic rings. The molecule has 0 radical (unpaired) electrons. The van der Waals surface area contributed by atoms with E-state index in [1.807, 2.05) is 0 Å². The second kappa shape index (κ2) is 8.67. The maximum absolute atomic E-state index is 12.1. The van der Waals surface area contributed by atoms with Crippen LogP contribution in [0, 0.1) is 0 Å². The first kappa shape index (κ1) is 17.5. The lowest BCUT2D eigenvalue weighted by molar-refractivity contribution is -0.118. The van der Waals surface area contributed by atoms with Crippen LogP contribution in [0.4, 0.5) is 0 Å². The van der Waals surface area contributed by atoms with Crippen LogP contribution in [-0.2, 0) is 17.6 Å². The lowest BCUT2D eigenvalue weighted by atomic mass is 10.0. The highest BCUT2D eigenvalue weighted by atomic mass is 32.2. The number of carbonyl (C=O) groups excluding carboxylic acids is 1. The molecule has 25 heavy (non-hydrogen) atoms. The summed E-state index contributed by atoms with van der Waals surface area (Å²) < 4.78 is 5.14. The second-order valence-electron chi connectivity index (χ2n) is 5.89. The molecule has 1 aromatic carbocycles. The van der Waals surface area contributed by atoms with Gasteiger partial charge in [-0.25, -0.2) is 0 Å². The van der Waals surface area contributed by atoms with Crippen LogP contribution in [-0.4, -0.2) is 22.5 Å². The van der Waals surface area contributed by atoms with E-state index >= 15 is 0 Å². The summed E-state index contributed by atoms with van der Waals surface area (Å²) in [5.74, 6) is 0.602. The molecule has 1 saturated heterocycles. The van der Waals surface area contributed by atoms with Crippen molar-refractivity contribution in [3.8, 4) is 0 Å². The molecule has 5 nitrogen and oxygen atoms in total. The number of rotatable bonds is 7. The van der Waals surface area contributed by atoms with Crippen LogP contribution in [0.15, 0.2) is 57.3 Å². The van der Waals surface area contributed by atoms with Crippen LogP contribution in [0.3, 0.4) is 0 Å². The fourth-order valence-electron chi connectivity index (χ4n) is 2.53. The molecule has 1 N–H and O–H groups in total. The Hall–Kier alpha value is -2.34. The van der Waals surface area contributed by atoms with E-state index in [-0.39, 0.29) is 11.2 Å². The first-order chi connectivity index (χ1) is 12.2. The Kier molecular flexibility index (Phi) is 6.06. The van der Waals surface area contributed by atoms with E-state index in [1.165, 1.54) is 36.4 Å². The Labute approximate surface area is 151 Å². The Morgan fingerprint density at radius 2 is 2.04 bits per heavy atom. The molecule has 1 amide bonds. The molecule has 0 saturated carbocycles. The fourth-order valence-corrected chi connectivity index (χ4v) is 3.49. The fraction of sp³-hybridized carbons (Fsp3) is 0.316. The van der Waals surface area contributed by atoms with Crippen molar-refractivity contribution >= 4 is 29.1 Å². The van der Waals surface area contributed by atoms with Gasteiger partial charge in [-0.2, -0.15) is 5.10 Å². The van der Waals surface area contributed by atoms with Gasteiger partial charge in [-0.15, -0.1) is 5.10 Å². The number of carbonyl (C=O) groups is 1. The van der Waals surface area contributed by atoms with Gasteiger partial charge in [0.2, 0.25) is 5.91 Å². The van der Waals surface area contributed by atoms with Crippen LogP contribution in [0.5, 0.6) is 0 Å². The number of benzene rings is 1. The number of thioether (sulfide) groups is 1. The zero-order chi connectivity index (χ0) is 17.5. The van der Waals surface area contributed by atoms with E-state index < -0.39 is 0 Å². The number of furan rings is 1. The third-order valence-electron chi connectivity index (χ3n) is 3.92. The summed E-state index contributed by atoms with van der Waals surface area (Å²) >= 11 is 1.41. The Bertz CT molecular complexity index is 751. The number of nitrogens with zero attached hydrogens (tertiary/aromatic N) is 2. The average Bonchev–Trinajstić information content (AvgIpc) is 3.25. The van der Waals surface area contributed by atoms with Crippen LogP contribution in [0.25, 0.3) is 0 Å². The van der Waals surface area contributed by atoms with E-state index in [4.69, 9.17) is 4.42 Å². The van der Waals surface area contributed by atoms with E-state index in [2.05, 4.69) is 46.7 Å². The molecule has 1 aliphatic rings. The third kappa shape index (κ3) is 5.06. The van der Waals surface area contributed by atoms with Crippen molar-refractivity contribution in [2.45, 2.75) is 37.9 Å². The lowest BCUT2D eigenvalue weighted by Crippen LogP contribution is -2.25. The minimum absolute atomic E-state index is 0.0213. The topological polar surface area (TPSA) is 67.0 Å². The van der Waals surface area contributed by atoms with Gasteiger partial charge in [-0.3, -0.25) is 4.79 Å². The van der Waals surface area contributed by atoms with Crippen molar-refractivity contribution in [2.75, 3.05) is 0 Å². The number of nitrogens with one attached hydrogen (secondary N) is 1. The minimum Gasteiger partial charge on any atom is -0.463 e. The Morgan fingerprint density at radius 1 is 1.24 bits per heavy atom. The second-order valence-corrected chi connectivity index (χ2v) is 7.08. The van der Waals surface area contributed by atoms with Gasteiger partial charge in [0.15, 0.2) is 5.17 Å². The molecule has 130 valence electrons. The van der Waals surface area contributed by atoms with Crippen molar-refractivity contribution < 1.29 is 9.21 Å². The normalized spacial score (nSPS) is 19.0. The van der Waals surface area contributed by atoms with Crippen LogP contribution < -0.4 is 5.32 Å². The number of amides is 1. The predicted molar refractivity (Wildman–Crippen MR) is 102 cm³/mol. The number of hydrogen-bond donors (Lipinski definition) is 1. The zero-order valence-electron chi connectivity index (χ0n) is 14.1. The average molecular weight is 355 g/mol. The molecule has 1 aliphatic heterocycles. The van der Waals surface area contributed by atoms with E-state index in [0.29, 0.717) is 17.3 Å². The van der Waals surface area contributed by atoms with Gasteiger partial charge >= 0.3 is 0 Å². The summed E-state index contributed by atoms with van der Waals surface area (Å²) in [6, 6.07) is 12.1. The molecular formula is C19H21N3O2S. The molecular weight excluding hydrogens is 334 g/mol. The highest BCUT2D eigenvalue weighted by Crippen LogP contribution is 2.23. The Balaban J connectivity index is 1.55. The summed E-state index contributed by atoms with van der Waals surface area (Å²) in [5, 5.41) is 11.1. The standard InChI is InChI=1S/C19H21N3O2S/c1-2-3-5-14-7-9-15(10-8-14)12-17-18(23)21-19(25-17)22-20-13-16-6-4-11-24-16/h4,6-11,13,17H,2-3,5,12H2,1H3,(H,21,22,23)/b20-13-/t17-/m1/s1. The summed E-state index contributed by atoms with van der Waals surface area (Å²) in [6.45, 7) is 2.20. The van der Waals surface area contributed by atoms with Crippen LogP contribution in [0.1, 0.15) is 36.7 Å². The van der Waals surface area contributed by atoms with Gasteiger partial charge < -0.3 is 9.73 Å². The monoisotopic (exact) mass is 355 g/mol. The molecule has 0 spiro atoms. The van der Waals surface area contributed by atoms with Crippen molar-refractivity contribution in [3.05, 3.63) is 59.5 Å². The third-order valence-corrected chi connectivity index (χ3v) is 4.99. The van der Waals surface area contributed by atoms with Gasteiger partial charge in [-0.1, -0.05) is 49.4 Å². The number of aryl methyl sites for hydroxylation is 1. The van der Waals surface area contributed by atoms with Crippen molar-refractivity contribution in [1.82, 2.24) is 5.32 Å². The summed E-state index contributed by atoms with van der Waals surface area (Å²) in [7, 11) is 0. The van der Waals surface area contributed by atoms with Crippen molar-refractivity contribution in [1.29, 1.82) is 0 Å². The molecule has 1 aromatic heterocycles. The molecule has 2 heterocycles. The lowest BCUT2D eigenvalue weighted by Gasteiger charge is -2.06. The van der Waals surface area contributed by atoms with Gasteiger partial charge in [-0.05, 0) is 42.5 Å². The highest BCUT2D eigenvalue weighted by molar-refractivity contribution is 8.15. The number of hydrogen-bond acceptors (Lipinski definition) is 5. The largest absolute Gasteiger partial charge is 0.463 e. The molecule has 1 atom stereocenters. The SMILES string of the molecule is CCCCc1ccc(C[C@H]2S/C(=N\N=C/c3ccco3)NC2=O)cc1. The van der Waals surface area contributed by atoms with Gasteiger partial charge in [0, 0.05) is 0 Å². The quantitative estimate of drug-likeness (QED) is 0.607. The maximum Gasteiger partial charge on any atom is 0.239 e. The summed E-state index contributed by atoms with van der Waals surface area (Å²) in [4.78, 5) is 12.1. The van der Waals surface area contributed by atoms with Gasteiger partial charge in [0.25, 0.3) is 0 Å². The molecule has 0 aliphatic carbocycles. The zero-order valence-corrected chi connectivity index (χ0v) is 15.0. The van der Waals surface area contributed by atoms with Crippen LogP contribution >= 0.6 is 11.8 Å². The van der Waals surface area contributed by atoms with E-state index in [9.17, 15) is 4.79 Å². The van der Waals surface area contributed by atoms with Gasteiger partial charge in [0.05, 0.1) is 17.7 Å². The van der Waals surface area contributed by atoms with Crippen molar-refractivity contribution in [2.24, 2.45) is 10.2 Å². The highest BCUT2D eigenvalue weighted by Gasteiger charge is 2.30. The van der Waals surface area contributed by atoms with Crippen molar-refractivity contribution in [3.63, 3.8) is 0 Å². The van der Waals surface area contributed by atoms with Gasteiger partial charge in [0.1, 0.15) is 5.76 Å². The first-order valence-corrected chi connectivity index (χ1v) is 9.32. The predicted octanol–water partition coefficient (Wildman–Crippen LogP) is 3.79. The summed E-state index contributed by atoms with van der Waals surface area (Å²) in [6.07, 6.45) is 7.29. The van der Waals surface area contributed by atoms with Crippen LogP contribution in [0.2, 0.25) is 0 Å². The van der Waals surface area contributed by atoms with E-state index in [0.717, 1.165) is 12.0 Å². The smallest absolute Gasteiger partial charge is 0.239 e. The molecule has 1 fully saturated rings. The maximum atomic E-state index is 12.1. The Morgan fingerprint density at radius 3 is 2.76 bits per heavy atom. The molecule has 0 bridgehead atoms. The van der Waals surface area contributed by atoms with E-state index in [1.54, 1.807) is 18.4 Å². The molecule has 6 heteroatoms.